The van der Waals surface area contributed by atoms with Gasteiger partial charge in [0, 0.05) is 12.1 Å². The second kappa shape index (κ2) is 6.55. The van der Waals surface area contributed by atoms with Crippen molar-refractivity contribution in [2.45, 2.75) is 18.7 Å². The van der Waals surface area contributed by atoms with Crippen LogP contribution in [0.4, 0.5) is 0 Å². The molecule has 0 atom stereocenters. The second-order valence-electron chi connectivity index (χ2n) is 4.23. The number of hydrogen-bond acceptors (Lipinski definition) is 3. The van der Waals surface area contributed by atoms with Crippen LogP contribution >= 0.6 is 0 Å². The number of aliphatic hydroxyl groups is 1. The molecule has 4 nitrogen and oxygen atoms in total. The van der Waals surface area contributed by atoms with E-state index < -0.39 is 10.0 Å². The minimum absolute atomic E-state index is 0.188. The minimum atomic E-state index is -3.48. The van der Waals surface area contributed by atoms with Crippen molar-refractivity contribution in [3.8, 4) is 11.8 Å². The van der Waals surface area contributed by atoms with E-state index in [4.69, 9.17) is 5.11 Å². The van der Waals surface area contributed by atoms with Crippen LogP contribution in [-0.2, 0) is 10.0 Å². The zero-order valence-corrected chi connectivity index (χ0v) is 11.3. The number of hydrogen-bond donors (Lipinski definition) is 2. The molecule has 1 rings (SSSR count). The highest BCUT2D eigenvalue weighted by Crippen LogP contribution is 2.11. The van der Waals surface area contributed by atoms with Crippen molar-refractivity contribution in [1.29, 1.82) is 0 Å². The number of benzene rings is 1. The van der Waals surface area contributed by atoms with Crippen LogP contribution in [0.15, 0.2) is 29.2 Å². The standard InChI is InChI=1S/C13H17NO3S/c1-11(2)10-14-18(16,17)13-7-3-5-12(9-13)6-4-8-15/h3,5,7,9,11,14-15H,8,10H2,1-2H3. The molecule has 1 aromatic rings. The lowest BCUT2D eigenvalue weighted by molar-refractivity contribution is 0.350. The number of rotatable bonds is 4. The van der Waals surface area contributed by atoms with E-state index in [1.54, 1.807) is 12.1 Å². The third kappa shape index (κ3) is 4.49. The third-order valence-electron chi connectivity index (χ3n) is 2.14. The topological polar surface area (TPSA) is 66.4 Å². The number of sulfonamides is 1. The van der Waals surface area contributed by atoms with E-state index in [9.17, 15) is 8.42 Å². The first-order chi connectivity index (χ1) is 8.45. The molecule has 0 amide bonds. The van der Waals surface area contributed by atoms with Gasteiger partial charge < -0.3 is 5.11 Å². The quantitative estimate of drug-likeness (QED) is 0.799. The van der Waals surface area contributed by atoms with Crippen molar-refractivity contribution >= 4 is 10.0 Å². The zero-order chi connectivity index (χ0) is 13.6. The average molecular weight is 267 g/mol. The van der Waals surface area contributed by atoms with Crippen LogP contribution in [0.2, 0.25) is 0 Å². The minimum Gasteiger partial charge on any atom is -0.384 e. The van der Waals surface area contributed by atoms with Crippen LogP contribution in [0.5, 0.6) is 0 Å². The number of nitrogens with one attached hydrogen (secondary N) is 1. The highest BCUT2D eigenvalue weighted by molar-refractivity contribution is 7.89. The summed E-state index contributed by atoms with van der Waals surface area (Å²) < 4.78 is 26.4. The van der Waals surface area contributed by atoms with Crippen LogP contribution in [0.25, 0.3) is 0 Å². The summed E-state index contributed by atoms with van der Waals surface area (Å²) in [5.74, 6) is 5.41. The molecule has 0 aromatic heterocycles. The molecule has 0 heterocycles. The fraction of sp³-hybridized carbons (Fsp3) is 0.385. The predicted molar refractivity (Wildman–Crippen MR) is 70.4 cm³/mol. The van der Waals surface area contributed by atoms with Crippen molar-refractivity contribution in [1.82, 2.24) is 4.72 Å². The van der Waals surface area contributed by atoms with Crippen molar-refractivity contribution in [3.05, 3.63) is 29.8 Å². The molecule has 0 aliphatic carbocycles. The SMILES string of the molecule is CC(C)CNS(=O)(=O)c1cccc(C#CCO)c1. The van der Waals surface area contributed by atoms with Gasteiger partial charge in [0.1, 0.15) is 6.61 Å². The molecule has 0 saturated heterocycles. The zero-order valence-electron chi connectivity index (χ0n) is 10.5. The van der Waals surface area contributed by atoms with Crippen LogP contribution in [0.3, 0.4) is 0 Å². The molecule has 0 spiro atoms. The Labute approximate surface area is 108 Å². The lowest BCUT2D eigenvalue weighted by Gasteiger charge is -2.08. The van der Waals surface area contributed by atoms with Gasteiger partial charge in [-0.15, -0.1) is 0 Å². The Morgan fingerprint density at radius 1 is 1.39 bits per heavy atom. The Morgan fingerprint density at radius 3 is 2.72 bits per heavy atom. The summed E-state index contributed by atoms with van der Waals surface area (Å²) in [5, 5.41) is 8.60. The van der Waals surface area contributed by atoms with Gasteiger partial charge in [-0.2, -0.15) is 0 Å². The van der Waals surface area contributed by atoms with Gasteiger partial charge in [-0.1, -0.05) is 31.8 Å². The highest BCUT2D eigenvalue weighted by Gasteiger charge is 2.13. The molecular weight excluding hydrogens is 250 g/mol. The van der Waals surface area contributed by atoms with Crippen LogP contribution in [0.1, 0.15) is 19.4 Å². The Kier molecular flexibility index (Phi) is 5.35. The van der Waals surface area contributed by atoms with E-state index in [1.807, 2.05) is 13.8 Å². The fourth-order valence-electron chi connectivity index (χ4n) is 1.24. The third-order valence-corrected chi connectivity index (χ3v) is 3.56. The van der Waals surface area contributed by atoms with E-state index in [0.717, 1.165) is 0 Å². The van der Waals surface area contributed by atoms with Gasteiger partial charge in [-0.25, -0.2) is 13.1 Å². The van der Waals surface area contributed by atoms with Crippen molar-refractivity contribution in [2.75, 3.05) is 13.2 Å². The molecule has 0 aliphatic heterocycles. The summed E-state index contributed by atoms with van der Waals surface area (Å²) in [6, 6.07) is 6.34. The molecule has 0 unspecified atom stereocenters. The van der Waals surface area contributed by atoms with E-state index in [0.29, 0.717) is 12.1 Å². The van der Waals surface area contributed by atoms with Crippen LogP contribution in [0, 0.1) is 17.8 Å². The Balaban J connectivity index is 2.95. The molecule has 1 aromatic carbocycles. The monoisotopic (exact) mass is 267 g/mol. The summed E-state index contributed by atoms with van der Waals surface area (Å²) in [4.78, 5) is 0.188. The predicted octanol–water partition coefficient (Wildman–Crippen LogP) is 0.965. The normalized spacial score (nSPS) is 11.1. The molecule has 2 N–H and O–H groups in total. The molecule has 0 saturated carbocycles. The average Bonchev–Trinajstić information content (AvgIpc) is 2.34. The first kappa shape index (κ1) is 14.7. The van der Waals surface area contributed by atoms with Gasteiger partial charge in [0.25, 0.3) is 0 Å². The maximum atomic E-state index is 12.0. The Bertz CT molecular complexity index is 553. The maximum absolute atomic E-state index is 12.0. The van der Waals surface area contributed by atoms with E-state index in [1.165, 1.54) is 12.1 Å². The lowest BCUT2D eigenvalue weighted by Crippen LogP contribution is -2.27. The van der Waals surface area contributed by atoms with Gasteiger partial charge >= 0.3 is 0 Å². The first-order valence-electron chi connectivity index (χ1n) is 5.65. The molecule has 5 heteroatoms. The van der Waals surface area contributed by atoms with Gasteiger partial charge in [-0.3, -0.25) is 0 Å². The summed E-state index contributed by atoms with van der Waals surface area (Å²) in [5.41, 5.74) is 0.566. The first-order valence-corrected chi connectivity index (χ1v) is 7.13. The summed E-state index contributed by atoms with van der Waals surface area (Å²) in [7, 11) is -3.48. The van der Waals surface area contributed by atoms with Gasteiger partial charge in [0.15, 0.2) is 0 Å². The van der Waals surface area contributed by atoms with Crippen molar-refractivity contribution < 1.29 is 13.5 Å². The van der Waals surface area contributed by atoms with Gasteiger partial charge in [-0.05, 0) is 24.1 Å². The molecule has 98 valence electrons. The Hall–Kier alpha value is -1.35. The summed E-state index contributed by atoms with van der Waals surface area (Å²) >= 11 is 0. The number of aliphatic hydroxyl groups excluding tert-OH is 1. The maximum Gasteiger partial charge on any atom is 0.240 e. The summed E-state index contributed by atoms with van der Waals surface area (Å²) in [6.07, 6.45) is 0. The lowest BCUT2D eigenvalue weighted by atomic mass is 10.2. The highest BCUT2D eigenvalue weighted by atomic mass is 32.2. The van der Waals surface area contributed by atoms with E-state index in [2.05, 4.69) is 16.6 Å². The van der Waals surface area contributed by atoms with E-state index in [-0.39, 0.29) is 17.4 Å². The molecular formula is C13H17NO3S. The Morgan fingerprint density at radius 2 is 2.11 bits per heavy atom. The molecule has 0 bridgehead atoms. The summed E-state index contributed by atoms with van der Waals surface area (Å²) in [6.45, 7) is 4.02. The van der Waals surface area contributed by atoms with Crippen molar-refractivity contribution in [2.24, 2.45) is 5.92 Å². The second-order valence-corrected chi connectivity index (χ2v) is 6.00. The molecule has 0 aliphatic rings. The molecule has 0 radical (unpaired) electrons. The van der Waals surface area contributed by atoms with E-state index >= 15 is 0 Å². The van der Waals surface area contributed by atoms with Crippen LogP contribution < -0.4 is 4.72 Å². The van der Waals surface area contributed by atoms with Gasteiger partial charge in [0.2, 0.25) is 10.0 Å². The fourth-order valence-corrected chi connectivity index (χ4v) is 2.50. The van der Waals surface area contributed by atoms with Crippen molar-refractivity contribution in [3.63, 3.8) is 0 Å². The smallest absolute Gasteiger partial charge is 0.240 e. The molecule has 0 fully saturated rings. The van der Waals surface area contributed by atoms with Crippen LogP contribution in [-0.4, -0.2) is 26.7 Å². The largest absolute Gasteiger partial charge is 0.384 e. The molecule has 18 heavy (non-hydrogen) atoms. The van der Waals surface area contributed by atoms with Gasteiger partial charge in [0.05, 0.1) is 4.90 Å².